The number of aryl methyl sites for hydroxylation is 1. The zero-order valence-electron chi connectivity index (χ0n) is 10.8. The summed E-state index contributed by atoms with van der Waals surface area (Å²) in [6.07, 6.45) is 0. The van der Waals surface area contributed by atoms with Gasteiger partial charge in [-0.25, -0.2) is 0 Å². The Morgan fingerprint density at radius 1 is 1.00 bits per heavy atom. The number of benzene rings is 2. The van der Waals surface area contributed by atoms with E-state index in [0.717, 1.165) is 11.3 Å². The highest BCUT2D eigenvalue weighted by atomic mass is 16.2. The van der Waals surface area contributed by atoms with Crippen LogP contribution in [-0.2, 0) is 4.79 Å². The Hall–Kier alpha value is -2.13. The number of carbonyl (C=O) groups is 1. The molecule has 0 spiro atoms. The first-order valence-electron chi connectivity index (χ1n) is 6.39. The van der Waals surface area contributed by atoms with Crippen LogP contribution < -0.4 is 10.6 Å². The number of nitrogens with zero attached hydrogens (tertiary/aromatic N) is 1. The number of rotatable bonds is 2. The van der Waals surface area contributed by atoms with Crippen LogP contribution in [-0.4, -0.2) is 11.9 Å². The fraction of sp³-hybridized carbons (Fsp3) is 0.188. The monoisotopic (exact) mass is 252 g/mol. The van der Waals surface area contributed by atoms with Crippen LogP contribution >= 0.6 is 0 Å². The molecular formula is C16H16N2O. The van der Waals surface area contributed by atoms with E-state index in [4.69, 9.17) is 5.73 Å². The highest BCUT2D eigenvalue weighted by Crippen LogP contribution is 2.37. The van der Waals surface area contributed by atoms with Gasteiger partial charge in [0.1, 0.15) is 6.04 Å². The van der Waals surface area contributed by atoms with Gasteiger partial charge in [-0.2, -0.15) is 0 Å². The van der Waals surface area contributed by atoms with Crippen LogP contribution in [0.5, 0.6) is 0 Å². The minimum absolute atomic E-state index is 0.0160. The van der Waals surface area contributed by atoms with Gasteiger partial charge in [0.2, 0.25) is 5.91 Å². The lowest BCUT2D eigenvalue weighted by molar-refractivity contribution is -0.126. The molecule has 2 N–H and O–H groups in total. The molecule has 2 aromatic carbocycles. The predicted octanol–water partition coefficient (Wildman–Crippen LogP) is 2.41. The summed E-state index contributed by atoms with van der Waals surface area (Å²) in [5.41, 5.74) is 9.13. The Bertz CT molecular complexity index is 592. The SMILES string of the molecule is Cc1ccc(N2C(=O)[C@H](N)[C@@H]2c2ccccc2)cc1. The van der Waals surface area contributed by atoms with E-state index in [1.54, 1.807) is 4.90 Å². The molecule has 3 nitrogen and oxygen atoms in total. The molecule has 2 atom stereocenters. The van der Waals surface area contributed by atoms with E-state index >= 15 is 0 Å². The molecule has 0 aliphatic carbocycles. The van der Waals surface area contributed by atoms with Crippen molar-refractivity contribution in [1.29, 1.82) is 0 Å². The lowest BCUT2D eigenvalue weighted by atomic mass is 9.88. The quantitative estimate of drug-likeness (QED) is 0.834. The van der Waals surface area contributed by atoms with Crippen LogP contribution in [0, 0.1) is 6.92 Å². The third kappa shape index (κ3) is 1.92. The van der Waals surface area contributed by atoms with Crippen LogP contribution in [0.4, 0.5) is 5.69 Å². The Labute approximate surface area is 112 Å². The molecule has 1 amide bonds. The van der Waals surface area contributed by atoms with Gasteiger partial charge in [-0.05, 0) is 24.6 Å². The van der Waals surface area contributed by atoms with E-state index in [1.807, 2.05) is 61.5 Å². The highest BCUT2D eigenvalue weighted by molar-refractivity contribution is 6.05. The second kappa shape index (κ2) is 4.52. The lowest BCUT2D eigenvalue weighted by Crippen LogP contribution is -2.63. The number of amides is 1. The van der Waals surface area contributed by atoms with Gasteiger partial charge in [0.15, 0.2) is 0 Å². The molecule has 3 rings (SSSR count). The number of carbonyl (C=O) groups excluding carboxylic acids is 1. The average molecular weight is 252 g/mol. The van der Waals surface area contributed by atoms with Gasteiger partial charge in [0.05, 0.1) is 6.04 Å². The van der Waals surface area contributed by atoms with E-state index in [9.17, 15) is 4.79 Å². The lowest BCUT2D eigenvalue weighted by Gasteiger charge is -2.45. The van der Waals surface area contributed by atoms with E-state index in [1.165, 1.54) is 5.56 Å². The Kier molecular flexibility index (Phi) is 2.84. The van der Waals surface area contributed by atoms with Crippen molar-refractivity contribution in [3.63, 3.8) is 0 Å². The van der Waals surface area contributed by atoms with Gasteiger partial charge < -0.3 is 10.6 Å². The summed E-state index contributed by atoms with van der Waals surface area (Å²) >= 11 is 0. The number of hydrogen-bond donors (Lipinski definition) is 1. The third-order valence-electron chi connectivity index (χ3n) is 3.59. The molecule has 0 radical (unpaired) electrons. The molecule has 19 heavy (non-hydrogen) atoms. The molecule has 3 heteroatoms. The van der Waals surface area contributed by atoms with Crippen LogP contribution in [0.15, 0.2) is 54.6 Å². The zero-order valence-corrected chi connectivity index (χ0v) is 10.8. The average Bonchev–Trinajstić information content (AvgIpc) is 2.46. The first-order valence-corrected chi connectivity index (χ1v) is 6.39. The fourth-order valence-corrected chi connectivity index (χ4v) is 2.51. The largest absolute Gasteiger partial charge is 0.318 e. The highest BCUT2D eigenvalue weighted by Gasteiger charge is 2.46. The maximum atomic E-state index is 12.0. The summed E-state index contributed by atoms with van der Waals surface area (Å²) in [5, 5.41) is 0. The van der Waals surface area contributed by atoms with Crippen LogP contribution in [0.3, 0.4) is 0 Å². The Balaban J connectivity index is 1.96. The molecule has 0 saturated carbocycles. The van der Waals surface area contributed by atoms with Crippen molar-refractivity contribution < 1.29 is 4.79 Å². The summed E-state index contributed by atoms with van der Waals surface area (Å²) in [7, 11) is 0. The van der Waals surface area contributed by atoms with Crippen molar-refractivity contribution in [3.05, 3.63) is 65.7 Å². The number of hydrogen-bond acceptors (Lipinski definition) is 2. The minimum atomic E-state index is -0.441. The number of nitrogens with two attached hydrogens (primary N) is 1. The van der Waals surface area contributed by atoms with Crippen molar-refractivity contribution >= 4 is 11.6 Å². The molecule has 1 aliphatic rings. The summed E-state index contributed by atoms with van der Waals surface area (Å²) in [6.45, 7) is 2.03. The first-order chi connectivity index (χ1) is 9.18. The van der Waals surface area contributed by atoms with E-state index in [2.05, 4.69) is 0 Å². The summed E-state index contributed by atoms with van der Waals surface area (Å²) < 4.78 is 0. The Morgan fingerprint density at radius 3 is 2.26 bits per heavy atom. The van der Waals surface area contributed by atoms with Gasteiger partial charge >= 0.3 is 0 Å². The standard InChI is InChI=1S/C16H16N2O/c1-11-7-9-13(10-8-11)18-15(14(17)16(18)19)12-5-3-2-4-6-12/h2-10,14-15H,17H2,1H3/t14-,15+/m1/s1. The van der Waals surface area contributed by atoms with Crippen molar-refractivity contribution in [2.45, 2.75) is 19.0 Å². The smallest absolute Gasteiger partial charge is 0.247 e. The molecule has 0 aromatic heterocycles. The van der Waals surface area contributed by atoms with Gasteiger partial charge in [-0.15, -0.1) is 0 Å². The maximum Gasteiger partial charge on any atom is 0.247 e. The molecule has 0 bridgehead atoms. The first kappa shape index (κ1) is 11.9. The van der Waals surface area contributed by atoms with Crippen LogP contribution in [0.25, 0.3) is 0 Å². The summed E-state index contributed by atoms with van der Waals surface area (Å²) in [4.78, 5) is 13.8. The van der Waals surface area contributed by atoms with Gasteiger partial charge in [-0.1, -0.05) is 48.0 Å². The maximum absolute atomic E-state index is 12.0. The van der Waals surface area contributed by atoms with Crippen LogP contribution in [0.2, 0.25) is 0 Å². The third-order valence-corrected chi connectivity index (χ3v) is 3.59. The topological polar surface area (TPSA) is 46.3 Å². The molecule has 1 aliphatic heterocycles. The van der Waals surface area contributed by atoms with E-state index in [-0.39, 0.29) is 11.9 Å². The van der Waals surface area contributed by atoms with Gasteiger partial charge in [0.25, 0.3) is 0 Å². The fourth-order valence-electron chi connectivity index (χ4n) is 2.51. The van der Waals surface area contributed by atoms with Gasteiger partial charge in [-0.3, -0.25) is 4.79 Å². The molecule has 2 aromatic rings. The van der Waals surface area contributed by atoms with E-state index < -0.39 is 6.04 Å². The minimum Gasteiger partial charge on any atom is -0.318 e. The normalized spacial score (nSPS) is 22.2. The molecule has 1 saturated heterocycles. The van der Waals surface area contributed by atoms with Crippen molar-refractivity contribution in [1.82, 2.24) is 0 Å². The second-order valence-corrected chi connectivity index (χ2v) is 4.93. The van der Waals surface area contributed by atoms with Gasteiger partial charge in [0, 0.05) is 5.69 Å². The number of β-lactam (4-membered cyclic amide) rings is 1. The zero-order chi connectivity index (χ0) is 13.4. The molecule has 96 valence electrons. The molecule has 1 fully saturated rings. The molecule has 1 heterocycles. The number of anilines is 1. The van der Waals surface area contributed by atoms with Crippen LogP contribution in [0.1, 0.15) is 17.2 Å². The second-order valence-electron chi connectivity index (χ2n) is 4.93. The predicted molar refractivity (Wildman–Crippen MR) is 75.8 cm³/mol. The Morgan fingerprint density at radius 2 is 1.63 bits per heavy atom. The van der Waals surface area contributed by atoms with E-state index in [0.29, 0.717) is 0 Å². The summed E-state index contributed by atoms with van der Waals surface area (Å²) in [5.74, 6) is -0.0160. The molecular weight excluding hydrogens is 236 g/mol. The summed E-state index contributed by atoms with van der Waals surface area (Å²) in [6, 6.07) is 17.4. The van der Waals surface area contributed by atoms with Crippen molar-refractivity contribution in [2.75, 3.05) is 4.90 Å². The van der Waals surface area contributed by atoms with Crippen molar-refractivity contribution in [2.24, 2.45) is 5.73 Å². The molecule has 0 unspecified atom stereocenters. The van der Waals surface area contributed by atoms with Crippen molar-refractivity contribution in [3.8, 4) is 0 Å².